The van der Waals surface area contributed by atoms with Crippen LogP contribution in [-0.2, 0) is 13.6 Å². The zero-order valence-electron chi connectivity index (χ0n) is 23.8. The van der Waals surface area contributed by atoms with E-state index in [4.69, 9.17) is 0 Å². The van der Waals surface area contributed by atoms with Gasteiger partial charge in [0.25, 0.3) is 11.8 Å². The molecule has 10 nitrogen and oxygen atoms in total. The van der Waals surface area contributed by atoms with Gasteiger partial charge in [0.15, 0.2) is 5.82 Å². The normalized spacial score (nSPS) is 11.4. The molecule has 0 unspecified atom stereocenters. The van der Waals surface area contributed by atoms with Crippen molar-refractivity contribution >= 4 is 45.0 Å². The Morgan fingerprint density at radius 3 is 2.45 bits per heavy atom. The maximum absolute atomic E-state index is 13.5. The summed E-state index contributed by atoms with van der Waals surface area (Å²) in [6, 6.07) is 21.0. The Labute approximate surface area is 243 Å². The molecule has 0 aliphatic carbocycles. The number of hydrogen-bond acceptors (Lipinski definition) is 5. The number of nitrogens with zero attached hydrogens (tertiary/aromatic N) is 5. The van der Waals surface area contributed by atoms with Gasteiger partial charge in [0, 0.05) is 37.6 Å². The van der Waals surface area contributed by atoms with Gasteiger partial charge in [-0.05, 0) is 62.8 Å². The number of amides is 2. The molecule has 6 aromatic rings. The van der Waals surface area contributed by atoms with E-state index in [9.17, 15) is 9.59 Å². The minimum atomic E-state index is -0.336. The monoisotopic (exact) mass is 560 g/mol. The van der Waals surface area contributed by atoms with E-state index in [0.29, 0.717) is 29.3 Å². The molecule has 2 aromatic carbocycles. The Hall–Kier alpha value is -5.22. The van der Waals surface area contributed by atoms with Gasteiger partial charge in [0.2, 0.25) is 0 Å². The fourth-order valence-corrected chi connectivity index (χ4v) is 5.05. The lowest BCUT2D eigenvalue weighted by Crippen LogP contribution is -2.19. The Kier molecular flexibility index (Phi) is 7.28. The van der Waals surface area contributed by atoms with E-state index >= 15 is 0 Å². The van der Waals surface area contributed by atoms with Gasteiger partial charge >= 0.3 is 0 Å². The second kappa shape index (κ2) is 11.3. The molecule has 2 amide bonds. The van der Waals surface area contributed by atoms with Gasteiger partial charge in [-0.3, -0.25) is 14.6 Å². The highest BCUT2D eigenvalue weighted by Crippen LogP contribution is 2.25. The lowest BCUT2D eigenvalue weighted by atomic mass is 10.1. The Bertz CT molecular complexity index is 1880. The predicted octanol–water partition coefficient (Wildman–Crippen LogP) is 5.37. The van der Waals surface area contributed by atoms with Crippen LogP contribution in [0.15, 0.2) is 85.3 Å². The van der Waals surface area contributed by atoms with Gasteiger partial charge in [0.1, 0.15) is 11.4 Å². The molecule has 6 rings (SSSR count). The third-order valence-electron chi connectivity index (χ3n) is 7.15. The van der Waals surface area contributed by atoms with Crippen LogP contribution in [0.4, 0.5) is 11.4 Å². The van der Waals surface area contributed by atoms with Crippen molar-refractivity contribution in [3.05, 3.63) is 96.7 Å². The van der Waals surface area contributed by atoms with Crippen LogP contribution in [0, 0.1) is 0 Å². The first kappa shape index (κ1) is 27.0. The van der Waals surface area contributed by atoms with Crippen LogP contribution >= 0.6 is 0 Å². The van der Waals surface area contributed by atoms with Crippen LogP contribution in [0.3, 0.4) is 0 Å². The first-order valence-electron chi connectivity index (χ1n) is 13.8. The summed E-state index contributed by atoms with van der Waals surface area (Å²) in [5, 5.41) is 7.84. The molecule has 4 aromatic heterocycles. The van der Waals surface area contributed by atoms with Gasteiger partial charge in [-0.1, -0.05) is 36.4 Å². The number of carbonyl (C=O) groups is 2. The van der Waals surface area contributed by atoms with Crippen molar-refractivity contribution in [1.29, 1.82) is 0 Å². The van der Waals surface area contributed by atoms with Crippen molar-refractivity contribution in [1.82, 2.24) is 29.0 Å². The fraction of sp³-hybridized carbons (Fsp3) is 0.188. The second-order valence-electron chi connectivity index (χ2n) is 10.6. The summed E-state index contributed by atoms with van der Waals surface area (Å²) in [6.07, 6.45) is 6.18. The van der Waals surface area contributed by atoms with Crippen molar-refractivity contribution in [2.45, 2.75) is 13.0 Å². The number of aromatic amines is 1. The number of imidazole rings is 1. The van der Waals surface area contributed by atoms with Gasteiger partial charge in [0.05, 0.1) is 28.1 Å². The number of anilines is 2. The molecule has 0 bridgehead atoms. The van der Waals surface area contributed by atoms with Crippen LogP contribution in [0.25, 0.3) is 33.3 Å². The molecule has 0 atom stereocenters. The number of aromatic nitrogens is 5. The fourth-order valence-electron chi connectivity index (χ4n) is 5.05. The first-order chi connectivity index (χ1) is 20.3. The number of fused-ring (bicyclic) bond motifs is 2. The van der Waals surface area contributed by atoms with Gasteiger partial charge < -0.3 is 29.7 Å². The molecule has 4 heterocycles. The van der Waals surface area contributed by atoms with Crippen LogP contribution < -0.4 is 10.6 Å². The van der Waals surface area contributed by atoms with E-state index in [-0.39, 0.29) is 11.8 Å². The van der Waals surface area contributed by atoms with Crippen LogP contribution in [0.1, 0.15) is 27.4 Å². The number of pyridine rings is 1. The van der Waals surface area contributed by atoms with Crippen molar-refractivity contribution in [3.8, 4) is 11.5 Å². The molecule has 0 radical (unpaired) electrons. The van der Waals surface area contributed by atoms with Crippen LogP contribution in [-0.4, -0.2) is 61.4 Å². The Morgan fingerprint density at radius 1 is 0.905 bits per heavy atom. The summed E-state index contributed by atoms with van der Waals surface area (Å²) in [6.45, 7) is 1.48. The molecule has 212 valence electrons. The Morgan fingerprint density at radius 2 is 1.64 bits per heavy atom. The molecule has 42 heavy (non-hydrogen) atoms. The van der Waals surface area contributed by atoms with Crippen molar-refractivity contribution in [2.24, 2.45) is 7.05 Å². The lowest BCUT2D eigenvalue weighted by Gasteiger charge is -2.12. The maximum atomic E-state index is 13.5. The molecule has 10 heteroatoms. The molecular formula is C32H32N8O2. The van der Waals surface area contributed by atoms with E-state index in [1.807, 2.05) is 91.1 Å². The van der Waals surface area contributed by atoms with E-state index in [2.05, 4.69) is 30.5 Å². The average Bonchev–Trinajstić information content (AvgIpc) is 3.68. The third-order valence-corrected chi connectivity index (χ3v) is 7.15. The SMILES string of the molecule is CN(C)CCCn1cc(NC(=O)c2cc3ccccc3cn2)cc1C(=O)Nc1cc(-c2nc3ccccc3[nH]2)n(C)c1. The molecule has 3 N–H and O–H groups in total. The first-order valence-corrected chi connectivity index (χ1v) is 13.8. The number of rotatable bonds is 9. The number of aryl methyl sites for hydroxylation is 2. The number of benzene rings is 2. The number of H-pyrrole nitrogens is 1. The molecule has 0 saturated heterocycles. The molecule has 0 spiro atoms. The summed E-state index contributed by atoms with van der Waals surface area (Å²) in [4.78, 5) is 41.1. The summed E-state index contributed by atoms with van der Waals surface area (Å²) < 4.78 is 3.80. The average molecular weight is 561 g/mol. The quantitative estimate of drug-likeness (QED) is 0.220. The molecule has 0 saturated carbocycles. The molecule has 0 fully saturated rings. The van der Waals surface area contributed by atoms with Crippen molar-refractivity contribution in [2.75, 3.05) is 31.3 Å². The topological polar surface area (TPSA) is 113 Å². The maximum Gasteiger partial charge on any atom is 0.274 e. The molecule has 0 aliphatic heterocycles. The van der Waals surface area contributed by atoms with E-state index in [1.165, 1.54) is 0 Å². The predicted molar refractivity (Wildman–Crippen MR) is 166 cm³/mol. The van der Waals surface area contributed by atoms with E-state index in [0.717, 1.165) is 46.3 Å². The minimum absolute atomic E-state index is 0.272. The minimum Gasteiger partial charge on any atom is -0.346 e. The zero-order chi connectivity index (χ0) is 29.2. The highest BCUT2D eigenvalue weighted by atomic mass is 16.2. The number of para-hydroxylation sites is 2. The smallest absolute Gasteiger partial charge is 0.274 e. The third kappa shape index (κ3) is 5.65. The highest BCUT2D eigenvalue weighted by Gasteiger charge is 2.18. The van der Waals surface area contributed by atoms with E-state index in [1.54, 1.807) is 24.5 Å². The molecule has 0 aliphatic rings. The van der Waals surface area contributed by atoms with Gasteiger partial charge in [-0.2, -0.15) is 0 Å². The second-order valence-corrected chi connectivity index (χ2v) is 10.6. The largest absolute Gasteiger partial charge is 0.346 e. The number of carbonyl (C=O) groups excluding carboxylic acids is 2. The summed E-state index contributed by atoms with van der Waals surface area (Å²) in [7, 11) is 5.94. The number of nitrogens with one attached hydrogen (secondary N) is 3. The number of hydrogen-bond donors (Lipinski definition) is 3. The summed E-state index contributed by atoms with van der Waals surface area (Å²) >= 11 is 0. The van der Waals surface area contributed by atoms with Gasteiger partial charge in [-0.25, -0.2) is 4.98 Å². The molecular weight excluding hydrogens is 528 g/mol. The van der Waals surface area contributed by atoms with Crippen molar-refractivity contribution in [3.63, 3.8) is 0 Å². The highest BCUT2D eigenvalue weighted by molar-refractivity contribution is 6.07. The summed E-state index contributed by atoms with van der Waals surface area (Å²) in [5.41, 5.74) is 4.60. The van der Waals surface area contributed by atoms with Crippen molar-refractivity contribution < 1.29 is 9.59 Å². The standard InChI is InChI=1S/C32H32N8O2/c1-38(2)13-8-14-40-20-24(34-31(41)27-15-21-9-4-5-10-22(21)18-33-27)17-29(40)32(42)35-23-16-28(39(3)19-23)30-36-25-11-6-7-12-26(25)37-30/h4-7,9-12,15-20H,8,13-14H2,1-3H3,(H,34,41)(H,35,42)(H,36,37). The summed E-state index contributed by atoms with van der Waals surface area (Å²) in [5.74, 6) is 0.112. The zero-order valence-corrected chi connectivity index (χ0v) is 23.8. The van der Waals surface area contributed by atoms with Gasteiger partial charge in [-0.15, -0.1) is 0 Å². The van der Waals surface area contributed by atoms with Crippen LogP contribution in [0.2, 0.25) is 0 Å². The Balaban J connectivity index is 1.23. The van der Waals surface area contributed by atoms with E-state index < -0.39 is 0 Å². The van der Waals surface area contributed by atoms with Crippen LogP contribution in [0.5, 0.6) is 0 Å². The lowest BCUT2D eigenvalue weighted by molar-refractivity contribution is 0.101.